The van der Waals surface area contributed by atoms with Crippen molar-refractivity contribution in [2.45, 2.75) is 33.6 Å². The Kier molecular flexibility index (Phi) is 5.95. The van der Waals surface area contributed by atoms with Crippen molar-refractivity contribution in [2.24, 2.45) is 5.92 Å². The molecule has 1 fully saturated rings. The second kappa shape index (κ2) is 7.73. The number of hydrogen-bond acceptors (Lipinski definition) is 2. The van der Waals surface area contributed by atoms with E-state index in [4.69, 9.17) is 0 Å². The zero-order valence-electron chi connectivity index (χ0n) is 13.9. The minimum Gasteiger partial charge on any atom is -0.339 e. The predicted octanol–water partition coefficient (Wildman–Crippen LogP) is 3.33. The summed E-state index contributed by atoms with van der Waals surface area (Å²) >= 11 is 0. The van der Waals surface area contributed by atoms with Gasteiger partial charge >= 0.3 is 0 Å². The minimum absolute atomic E-state index is 0.0415. The molecule has 1 aliphatic heterocycles. The van der Waals surface area contributed by atoms with Crippen molar-refractivity contribution in [3.63, 3.8) is 0 Å². The van der Waals surface area contributed by atoms with Gasteiger partial charge in [-0.1, -0.05) is 19.9 Å². The Bertz CT molecular complexity index is 506. The zero-order chi connectivity index (χ0) is 16.1. The van der Waals surface area contributed by atoms with Gasteiger partial charge in [0.2, 0.25) is 0 Å². The summed E-state index contributed by atoms with van der Waals surface area (Å²) in [5.74, 6) is 0.321. The maximum atomic E-state index is 13.6. The van der Waals surface area contributed by atoms with E-state index in [-0.39, 0.29) is 11.7 Å². The number of likely N-dealkylation sites (tertiary alicyclic amines) is 1. The molecule has 0 radical (unpaired) electrons. The number of carbonyl (C=O) groups is 1. The average molecular weight is 306 g/mol. The van der Waals surface area contributed by atoms with Crippen molar-refractivity contribution in [1.82, 2.24) is 9.80 Å². The maximum absolute atomic E-state index is 13.6. The van der Waals surface area contributed by atoms with Gasteiger partial charge in [-0.2, -0.15) is 0 Å². The number of rotatable bonds is 5. The normalized spacial score (nSPS) is 16.3. The summed E-state index contributed by atoms with van der Waals surface area (Å²) in [7, 11) is 0. The van der Waals surface area contributed by atoms with Crippen molar-refractivity contribution in [2.75, 3.05) is 32.7 Å². The third kappa shape index (κ3) is 4.07. The van der Waals surface area contributed by atoms with Crippen LogP contribution in [0.2, 0.25) is 0 Å². The molecule has 1 aromatic carbocycles. The second-order valence-corrected chi connectivity index (χ2v) is 6.19. The Hall–Kier alpha value is -1.42. The molecule has 122 valence electrons. The van der Waals surface area contributed by atoms with E-state index in [1.807, 2.05) is 4.90 Å². The molecule has 22 heavy (non-hydrogen) atoms. The fraction of sp³-hybridized carbons (Fsp3) is 0.611. The molecule has 4 heteroatoms. The van der Waals surface area contributed by atoms with Crippen molar-refractivity contribution in [3.05, 3.63) is 35.1 Å². The van der Waals surface area contributed by atoms with Crippen LogP contribution in [0.1, 0.15) is 42.6 Å². The summed E-state index contributed by atoms with van der Waals surface area (Å²) in [5.41, 5.74) is 1.04. The zero-order valence-corrected chi connectivity index (χ0v) is 13.9. The first-order valence-electron chi connectivity index (χ1n) is 8.32. The SMILES string of the molecule is CCN(CC)CC1CCN(C(=O)c2ccc(C)c(F)c2)CC1. The molecule has 1 saturated heterocycles. The molecule has 0 aromatic heterocycles. The van der Waals surface area contributed by atoms with Crippen molar-refractivity contribution in [3.8, 4) is 0 Å². The molecule has 0 aliphatic carbocycles. The first kappa shape index (κ1) is 16.9. The second-order valence-electron chi connectivity index (χ2n) is 6.19. The van der Waals surface area contributed by atoms with Gasteiger partial charge in [-0.15, -0.1) is 0 Å². The number of piperidine rings is 1. The Morgan fingerprint density at radius 2 is 1.91 bits per heavy atom. The van der Waals surface area contributed by atoms with Crippen LogP contribution in [0.5, 0.6) is 0 Å². The van der Waals surface area contributed by atoms with Crippen molar-refractivity contribution < 1.29 is 9.18 Å². The van der Waals surface area contributed by atoms with Crippen LogP contribution in [0.4, 0.5) is 4.39 Å². The van der Waals surface area contributed by atoms with Crippen LogP contribution >= 0.6 is 0 Å². The molecule has 0 bridgehead atoms. The number of halogens is 1. The maximum Gasteiger partial charge on any atom is 0.253 e. The lowest BCUT2D eigenvalue weighted by Crippen LogP contribution is -2.41. The Morgan fingerprint density at radius 3 is 2.45 bits per heavy atom. The van der Waals surface area contributed by atoms with E-state index in [1.165, 1.54) is 6.07 Å². The van der Waals surface area contributed by atoms with E-state index in [9.17, 15) is 9.18 Å². The van der Waals surface area contributed by atoms with Gasteiger partial charge in [0.05, 0.1) is 0 Å². The molecular weight excluding hydrogens is 279 g/mol. The van der Waals surface area contributed by atoms with Crippen molar-refractivity contribution in [1.29, 1.82) is 0 Å². The van der Waals surface area contributed by atoms with Gasteiger partial charge < -0.3 is 9.80 Å². The Morgan fingerprint density at radius 1 is 1.27 bits per heavy atom. The molecule has 1 aliphatic rings. The van der Waals surface area contributed by atoms with E-state index in [1.54, 1.807) is 19.1 Å². The number of carbonyl (C=O) groups excluding carboxylic acids is 1. The van der Waals surface area contributed by atoms with Crippen molar-refractivity contribution >= 4 is 5.91 Å². The van der Waals surface area contributed by atoms with Gasteiger partial charge in [0.15, 0.2) is 0 Å². The molecular formula is C18H27FN2O. The lowest BCUT2D eigenvalue weighted by Gasteiger charge is -2.34. The summed E-state index contributed by atoms with van der Waals surface area (Å²) in [6.45, 7) is 10.9. The summed E-state index contributed by atoms with van der Waals surface area (Å²) in [6.07, 6.45) is 2.08. The van der Waals surface area contributed by atoms with Crippen LogP contribution < -0.4 is 0 Å². The van der Waals surface area contributed by atoms with Gasteiger partial charge in [-0.05, 0) is 56.5 Å². The smallest absolute Gasteiger partial charge is 0.253 e. The molecule has 0 unspecified atom stereocenters. The highest BCUT2D eigenvalue weighted by Crippen LogP contribution is 2.21. The molecule has 2 rings (SSSR count). The minimum atomic E-state index is -0.303. The monoisotopic (exact) mass is 306 g/mol. The third-order valence-corrected chi connectivity index (χ3v) is 4.73. The van der Waals surface area contributed by atoms with E-state index >= 15 is 0 Å². The summed E-state index contributed by atoms with van der Waals surface area (Å²) in [4.78, 5) is 16.8. The average Bonchev–Trinajstić information content (AvgIpc) is 2.55. The van der Waals surface area contributed by atoms with Gasteiger partial charge in [0.25, 0.3) is 5.91 Å². The van der Waals surface area contributed by atoms with Crippen LogP contribution in [0.15, 0.2) is 18.2 Å². The number of amides is 1. The first-order chi connectivity index (χ1) is 10.5. The standard InChI is InChI=1S/C18H27FN2O/c1-4-20(5-2)13-15-8-10-21(11-9-15)18(22)16-7-6-14(3)17(19)12-16/h6-7,12,15H,4-5,8-11,13H2,1-3H3. The quantitative estimate of drug-likeness (QED) is 0.833. The summed E-state index contributed by atoms with van der Waals surface area (Å²) in [5, 5.41) is 0. The molecule has 0 N–H and O–H groups in total. The van der Waals surface area contributed by atoms with Crippen LogP contribution in [0.25, 0.3) is 0 Å². The summed E-state index contributed by atoms with van der Waals surface area (Å²) in [6, 6.07) is 4.76. The lowest BCUT2D eigenvalue weighted by molar-refractivity contribution is 0.0669. The van der Waals surface area contributed by atoms with E-state index < -0.39 is 0 Å². The fourth-order valence-corrected chi connectivity index (χ4v) is 3.07. The van der Waals surface area contributed by atoms with Gasteiger partial charge in [0, 0.05) is 25.2 Å². The Balaban J connectivity index is 1.90. The van der Waals surface area contributed by atoms with Crippen LogP contribution in [-0.4, -0.2) is 48.4 Å². The lowest BCUT2D eigenvalue weighted by atomic mass is 9.95. The highest BCUT2D eigenvalue weighted by molar-refractivity contribution is 5.94. The molecule has 0 spiro atoms. The fourth-order valence-electron chi connectivity index (χ4n) is 3.07. The Labute approximate surface area is 133 Å². The van der Waals surface area contributed by atoms with Crippen LogP contribution in [-0.2, 0) is 0 Å². The first-order valence-corrected chi connectivity index (χ1v) is 8.32. The largest absolute Gasteiger partial charge is 0.339 e. The third-order valence-electron chi connectivity index (χ3n) is 4.73. The number of aryl methyl sites for hydroxylation is 1. The van der Waals surface area contributed by atoms with Gasteiger partial charge in [-0.25, -0.2) is 4.39 Å². The van der Waals surface area contributed by atoms with E-state index in [0.717, 1.165) is 45.6 Å². The van der Waals surface area contributed by atoms with Gasteiger partial charge in [-0.3, -0.25) is 4.79 Å². The van der Waals surface area contributed by atoms with Gasteiger partial charge in [0.1, 0.15) is 5.82 Å². The van der Waals surface area contributed by atoms with E-state index in [0.29, 0.717) is 17.0 Å². The molecule has 1 heterocycles. The predicted molar refractivity (Wildman–Crippen MR) is 87.6 cm³/mol. The molecule has 3 nitrogen and oxygen atoms in total. The number of nitrogens with zero attached hydrogens (tertiary/aromatic N) is 2. The molecule has 0 atom stereocenters. The topological polar surface area (TPSA) is 23.6 Å². The molecule has 1 amide bonds. The van der Waals surface area contributed by atoms with Crippen LogP contribution in [0, 0.1) is 18.7 Å². The molecule has 0 saturated carbocycles. The summed E-state index contributed by atoms with van der Waals surface area (Å²) < 4.78 is 13.6. The molecule has 1 aromatic rings. The number of benzene rings is 1. The highest BCUT2D eigenvalue weighted by atomic mass is 19.1. The highest BCUT2D eigenvalue weighted by Gasteiger charge is 2.24. The van der Waals surface area contributed by atoms with Crippen LogP contribution in [0.3, 0.4) is 0 Å². The number of hydrogen-bond donors (Lipinski definition) is 0. The van der Waals surface area contributed by atoms with E-state index in [2.05, 4.69) is 18.7 Å².